The number of ketones is 1. The first-order valence-electron chi connectivity index (χ1n) is 5.53. The molecule has 0 aromatic heterocycles. The number of hydrogen-bond donors (Lipinski definition) is 1. The molecule has 2 aliphatic rings. The molecule has 1 heterocycles. The smallest absolute Gasteiger partial charge is 0.155 e. The maximum Gasteiger partial charge on any atom is 0.155 e. The summed E-state index contributed by atoms with van der Waals surface area (Å²) in [5.74, 6) is 0.862. The first-order valence-corrected chi connectivity index (χ1v) is 5.53. The summed E-state index contributed by atoms with van der Waals surface area (Å²) in [7, 11) is 0. The Balaban J connectivity index is 1.98. The van der Waals surface area contributed by atoms with Crippen LogP contribution in [0, 0.1) is 11.8 Å². The largest absolute Gasteiger partial charge is 0.381 e. The van der Waals surface area contributed by atoms with Gasteiger partial charge in [0.1, 0.15) is 0 Å². The van der Waals surface area contributed by atoms with Crippen molar-refractivity contribution in [3.63, 3.8) is 0 Å². The van der Waals surface area contributed by atoms with Gasteiger partial charge in [-0.3, -0.25) is 4.79 Å². The van der Waals surface area contributed by atoms with E-state index in [2.05, 4.69) is 0 Å². The van der Waals surface area contributed by atoms with Crippen molar-refractivity contribution in [2.24, 2.45) is 17.6 Å². The second kappa shape index (κ2) is 3.63. The predicted molar refractivity (Wildman–Crippen MR) is 53.9 cm³/mol. The molecule has 2 rings (SSSR count). The van der Waals surface area contributed by atoms with E-state index >= 15 is 0 Å². The van der Waals surface area contributed by atoms with Gasteiger partial charge < -0.3 is 10.5 Å². The highest BCUT2D eigenvalue weighted by Crippen LogP contribution is 2.40. The summed E-state index contributed by atoms with van der Waals surface area (Å²) in [5.41, 5.74) is 5.54. The maximum atomic E-state index is 12.1. The fourth-order valence-electron chi connectivity index (χ4n) is 2.28. The highest BCUT2D eigenvalue weighted by Gasteiger charge is 2.46. The first kappa shape index (κ1) is 10.1. The molecular weight excluding hydrogens is 178 g/mol. The van der Waals surface area contributed by atoms with E-state index in [-0.39, 0.29) is 11.7 Å². The zero-order valence-corrected chi connectivity index (χ0v) is 8.79. The van der Waals surface area contributed by atoms with Crippen molar-refractivity contribution >= 4 is 5.78 Å². The van der Waals surface area contributed by atoms with Crippen molar-refractivity contribution in [1.82, 2.24) is 0 Å². The number of ether oxygens (including phenoxy) is 1. The maximum absolute atomic E-state index is 12.1. The molecule has 14 heavy (non-hydrogen) atoms. The van der Waals surface area contributed by atoms with Gasteiger partial charge in [0.05, 0.1) is 5.54 Å². The lowest BCUT2D eigenvalue weighted by atomic mass is 9.81. The van der Waals surface area contributed by atoms with E-state index in [9.17, 15) is 4.79 Å². The molecule has 2 fully saturated rings. The van der Waals surface area contributed by atoms with Crippen LogP contribution >= 0.6 is 0 Å². The van der Waals surface area contributed by atoms with E-state index in [1.165, 1.54) is 0 Å². The second-order valence-electron chi connectivity index (χ2n) is 4.81. The fraction of sp³-hybridized carbons (Fsp3) is 0.909. The van der Waals surface area contributed by atoms with Crippen LogP contribution in [-0.2, 0) is 9.53 Å². The molecule has 0 aromatic rings. The average molecular weight is 197 g/mol. The summed E-state index contributed by atoms with van der Waals surface area (Å²) in [5, 5.41) is 0. The quantitative estimate of drug-likeness (QED) is 0.737. The van der Waals surface area contributed by atoms with E-state index in [1.807, 2.05) is 6.92 Å². The molecule has 1 saturated carbocycles. The van der Waals surface area contributed by atoms with Crippen molar-refractivity contribution in [3.05, 3.63) is 0 Å². The molecular formula is C11H19NO2. The highest BCUT2D eigenvalue weighted by molar-refractivity contribution is 5.90. The van der Waals surface area contributed by atoms with Gasteiger partial charge in [-0.2, -0.15) is 0 Å². The van der Waals surface area contributed by atoms with Crippen LogP contribution in [0.3, 0.4) is 0 Å². The topological polar surface area (TPSA) is 52.3 Å². The van der Waals surface area contributed by atoms with Crippen molar-refractivity contribution < 1.29 is 9.53 Å². The summed E-state index contributed by atoms with van der Waals surface area (Å²) in [6.45, 7) is 3.34. The van der Waals surface area contributed by atoms with Gasteiger partial charge in [0.15, 0.2) is 5.78 Å². The van der Waals surface area contributed by atoms with E-state index < -0.39 is 5.54 Å². The van der Waals surface area contributed by atoms with Crippen molar-refractivity contribution in [1.29, 1.82) is 0 Å². The number of Topliss-reactive ketones (excluding diaryl/α,β-unsaturated/α-hetero) is 1. The Morgan fingerprint density at radius 2 is 1.86 bits per heavy atom. The van der Waals surface area contributed by atoms with Gasteiger partial charge in [0, 0.05) is 19.1 Å². The standard InChI is InChI=1S/C11H19NO2/c1-11(12,9-2-3-9)10(13)8-4-6-14-7-5-8/h8-9H,2-7,12H2,1H3. The Morgan fingerprint density at radius 3 is 2.36 bits per heavy atom. The van der Waals surface area contributed by atoms with Crippen LogP contribution in [0.1, 0.15) is 32.6 Å². The summed E-state index contributed by atoms with van der Waals surface area (Å²) in [6.07, 6.45) is 3.97. The van der Waals surface area contributed by atoms with E-state index in [1.54, 1.807) is 0 Å². The van der Waals surface area contributed by atoms with E-state index in [4.69, 9.17) is 10.5 Å². The lowest BCUT2D eigenvalue weighted by molar-refractivity contribution is -0.131. The van der Waals surface area contributed by atoms with Gasteiger partial charge in [-0.1, -0.05) is 0 Å². The monoisotopic (exact) mass is 197 g/mol. The Labute approximate surface area is 85.0 Å². The molecule has 1 aliphatic carbocycles. The lowest BCUT2D eigenvalue weighted by Crippen LogP contribution is -2.51. The van der Waals surface area contributed by atoms with Crippen molar-refractivity contribution in [2.45, 2.75) is 38.1 Å². The molecule has 1 saturated heterocycles. The fourth-order valence-corrected chi connectivity index (χ4v) is 2.28. The van der Waals surface area contributed by atoms with Crippen LogP contribution in [0.25, 0.3) is 0 Å². The van der Waals surface area contributed by atoms with E-state index in [0.29, 0.717) is 5.92 Å². The Hall–Kier alpha value is -0.410. The number of rotatable bonds is 3. The molecule has 3 nitrogen and oxygen atoms in total. The van der Waals surface area contributed by atoms with Crippen molar-refractivity contribution in [2.75, 3.05) is 13.2 Å². The SMILES string of the molecule is CC(N)(C(=O)C1CCOCC1)C1CC1. The molecule has 1 atom stereocenters. The number of carbonyl (C=O) groups excluding carboxylic acids is 1. The molecule has 3 heteroatoms. The zero-order chi connectivity index (χ0) is 10.2. The third kappa shape index (κ3) is 1.84. The van der Waals surface area contributed by atoms with Crippen molar-refractivity contribution in [3.8, 4) is 0 Å². The Kier molecular flexibility index (Phi) is 2.62. The summed E-state index contributed by atoms with van der Waals surface area (Å²) in [4.78, 5) is 12.1. The minimum atomic E-state index is -0.567. The normalized spacial score (nSPS) is 28.4. The van der Waals surface area contributed by atoms with Crippen LogP contribution in [0.2, 0.25) is 0 Å². The number of nitrogens with two attached hydrogens (primary N) is 1. The van der Waals surface area contributed by atoms with Crippen LogP contribution in [0.15, 0.2) is 0 Å². The number of carbonyl (C=O) groups is 1. The zero-order valence-electron chi connectivity index (χ0n) is 8.79. The Bertz CT molecular complexity index is 227. The highest BCUT2D eigenvalue weighted by atomic mass is 16.5. The summed E-state index contributed by atoms with van der Waals surface area (Å²) in [6, 6.07) is 0. The molecule has 1 unspecified atom stereocenters. The third-order valence-electron chi connectivity index (χ3n) is 3.55. The van der Waals surface area contributed by atoms with Crippen LogP contribution in [0.5, 0.6) is 0 Å². The van der Waals surface area contributed by atoms with Crippen LogP contribution in [0.4, 0.5) is 0 Å². The molecule has 0 bridgehead atoms. The van der Waals surface area contributed by atoms with Gasteiger partial charge in [0.25, 0.3) is 0 Å². The van der Waals surface area contributed by atoms with Gasteiger partial charge in [-0.15, -0.1) is 0 Å². The van der Waals surface area contributed by atoms with Gasteiger partial charge in [-0.25, -0.2) is 0 Å². The van der Waals surface area contributed by atoms with Gasteiger partial charge in [-0.05, 0) is 38.5 Å². The minimum absolute atomic E-state index is 0.152. The summed E-state index contributed by atoms with van der Waals surface area (Å²) >= 11 is 0. The van der Waals surface area contributed by atoms with Crippen LogP contribution in [-0.4, -0.2) is 24.5 Å². The van der Waals surface area contributed by atoms with Gasteiger partial charge in [0.2, 0.25) is 0 Å². The first-order chi connectivity index (χ1) is 6.62. The molecule has 0 aromatic carbocycles. The number of hydrogen-bond acceptors (Lipinski definition) is 3. The molecule has 2 N–H and O–H groups in total. The summed E-state index contributed by atoms with van der Waals surface area (Å²) < 4.78 is 5.25. The molecule has 0 spiro atoms. The average Bonchev–Trinajstić information content (AvgIpc) is 3.01. The molecule has 0 amide bonds. The Morgan fingerprint density at radius 1 is 1.29 bits per heavy atom. The minimum Gasteiger partial charge on any atom is -0.381 e. The van der Waals surface area contributed by atoms with E-state index in [0.717, 1.165) is 38.9 Å². The second-order valence-corrected chi connectivity index (χ2v) is 4.81. The predicted octanol–water partition coefficient (Wildman–Crippen LogP) is 1.11. The molecule has 0 radical (unpaired) electrons. The van der Waals surface area contributed by atoms with Crippen LogP contribution < -0.4 is 5.73 Å². The molecule has 80 valence electrons. The third-order valence-corrected chi connectivity index (χ3v) is 3.55. The van der Waals surface area contributed by atoms with Gasteiger partial charge >= 0.3 is 0 Å². The lowest BCUT2D eigenvalue weighted by Gasteiger charge is -2.30. The molecule has 1 aliphatic heterocycles.